The number of hydrogen-bond acceptors (Lipinski definition) is 5. The molecule has 0 N–H and O–H groups in total. The van der Waals surface area contributed by atoms with Crippen LogP contribution < -0.4 is 0 Å². The molecule has 0 saturated carbocycles. The summed E-state index contributed by atoms with van der Waals surface area (Å²) in [7, 11) is 0. The number of aromatic nitrogens is 2. The molecule has 1 aromatic heterocycles. The van der Waals surface area contributed by atoms with Crippen LogP contribution in [0.15, 0.2) is 0 Å². The predicted octanol–water partition coefficient (Wildman–Crippen LogP) is 1.17. The maximum Gasteiger partial charge on any atom is 0.312 e. The monoisotopic (exact) mass is 241 g/mol. The van der Waals surface area contributed by atoms with E-state index in [2.05, 4.69) is 5.10 Å². The summed E-state index contributed by atoms with van der Waals surface area (Å²) in [6, 6.07) is 0. The number of nitrogens with zero attached hydrogens (tertiary/aromatic N) is 3. The molecule has 1 aliphatic heterocycles. The van der Waals surface area contributed by atoms with Gasteiger partial charge in [-0.1, -0.05) is 0 Å². The van der Waals surface area contributed by atoms with Crippen LogP contribution in [0.2, 0.25) is 0 Å². The fourth-order valence-corrected chi connectivity index (χ4v) is 1.97. The minimum absolute atomic E-state index is 0.0151. The van der Waals surface area contributed by atoms with Crippen molar-refractivity contribution in [1.29, 1.82) is 0 Å². The highest BCUT2D eigenvalue weighted by Crippen LogP contribution is 2.22. The average Bonchev–Trinajstić information content (AvgIpc) is 2.55. The van der Waals surface area contributed by atoms with Crippen LogP contribution in [0.4, 0.5) is 5.69 Å². The standard InChI is InChI=1S/C10H15N3O4/c1-7-10(13(14)15)8(2)12(11-7)5-9-3-4-16-6-17-9/h9H,3-6H2,1-2H3/t9-/m0/s1. The van der Waals surface area contributed by atoms with Crippen molar-refractivity contribution in [2.45, 2.75) is 32.9 Å². The van der Waals surface area contributed by atoms with Crippen molar-refractivity contribution in [3.05, 3.63) is 21.5 Å². The van der Waals surface area contributed by atoms with Crippen LogP contribution in [0.25, 0.3) is 0 Å². The third kappa shape index (κ3) is 2.45. The SMILES string of the molecule is Cc1nn(C[C@@H]2CCOCO2)c(C)c1[N+](=O)[O-]. The molecule has 0 unspecified atom stereocenters. The van der Waals surface area contributed by atoms with E-state index in [1.807, 2.05) is 0 Å². The van der Waals surface area contributed by atoms with E-state index in [9.17, 15) is 10.1 Å². The molecule has 0 spiro atoms. The summed E-state index contributed by atoms with van der Waals surface area (Å²) in [6.45, 7) is 4.83. The van der Waals surface area contributed by atoms with Crippen LogP contribution in [0.3, 0.4) is 0 Å². The fraction of sp³-hybridized carbons (Fsp3) is 0.700. The van der Waals surface area contributed by atoms with Gasteiger partial charge in [0.05, 0.1) is 24.2 Å². The smallest absolute Gasteiger partial charge is 0.312 e. The van der Waals surface area contributed by atoms with Crippen molar-refractivity contribution in [2.75, 3.05) is 13.4 Å². The fourth-order valence-electron chi connectivity index (χ4n) is 1.97. The first kappa shape index (κ1) is 12.0. The normalized spacial score (nSPS) is 20.5. The zero-order chi connectivity index (χ0) is 12.4. The van der Waals surface area contributed by atoms with E-state index in [4.69, 9.17) is 9.47 Å². The van der Waals surface area contributed by atoms with Crippen LogP contribution >= 0.6 is 0 Å². The van der Waals surface area contributed by atoms with Gasteiger partial charge in [-0.05, 0) is 20.3 Å². The first-order chi connectivity index (χ1) is 8.09. The first-order valence-corrected chi connectivity index (χ1v) is 5.47. The van der Waals surface area contributed by atoms with Crippen molar-refractivity contribution in [1.82, 2.24) is 9.78 Å². The molecule has 0 amide bonds. The minimum atomic E-state index is -0.390. The van der Waals surface area contributed by atoms with Gasteiger partial charge in [0.15, 0.2) is 0 Å². The Hall–Kier alpha value is -1.47. The number of nitro groups is 1. The summed E-state index contributed by atoms with van der Waals surface area (Å²) in [5.74, 6) is 0. The molecule has 0 aliphatic carbocycles. The Morgan fingerprint density at radius 1 is 1.59 bits per heavy atom. The largest absolute Gasteiger partial charge is 0.355 e. The quantitative estimate of drug-likeness (QED) is 0.586. The van der Waals surface area contributed by atoms with E-state index in [0.717, 1.165) is 6.42 Å². The summed E-state index contributed by atoms with van der Waals surface area (Å²) in [4.78, 5) is 10.5. The van der Waals surface area contributed by atoms with Crippen molar-refractivity contribution < 1.29 is 14.4 Å². The predicted molar refractivity (Wildman–Crippen MR) is 58.7 cm³/mol. The van der Waals surface area contributed by atoms with Gasteiger partial charge >= 0.3 is 5.69 Å². The van der Waals surface area contributed by atoms with Gasteiger partial charge in [-0.25, -0.2) is 0 Å². The molecule has 7 heteroatoms. The van der Waals surface area contributed by atoms with Gasteiger partial charge in [-0.3, -0.25) is 14.8 Å². The summed E-state index contributed by atoms with van der Waals surface area (Å²) in [5.41, 5.74) is 1.11. The molecule has 0 bridgehead atoms. The topological polar surface area (TPSA) is 79.4 Å². The van der Waals surface area contributed by atoms with E-state index in [1.165, 1.54) is 0 Å². The zero-order valence-corrected chi connectivity index (χ0v) is 9.88. The van der Waals surface area contributed by atoms with E-state index in [-0.39, 0.29) is 23.5 Å². The van der Waals surface area contributed by atoms with Crippen molar-refractivity contribution >= 4 is 5.69 Å². The summed E-state index contributed by atoms with van der Waals surface area (Å²) in [6.07, 6.45) is 0.799. The highest BCUT2D eigenvalue weighted by atomic mass is 16.7. The third-order valence-corrected chi connectivity index (χ3v) is 2.87. The molecule has 2 rings (SSSR count). The molecule has 1 fully saturated rings. The number of aryl methyl sites for hydroxylation is 1. The number of rotatable bonds is 3. The van der Waals surface area contributed by atoms with Gasteiger partial charge in [0, 0.05) is 0 Å². The Morgan fingerprint density at radius 3 is 2.88 bits per heavy atom. The van der Waals surface area contributed by atoms with Crippen LogP contribution in [0.5, 0.6) is 0 Å². The van der Waals surface area contributed by atoms with Crippen molar-refractivity contribution in [3.63, 3.8) is 0 Å². The van der Waals surface area contributed by atoms with Crippen LogP contribution in [-0.4, -0.2) is 34.2 Å². The molecule has 1 atom stereocenters. The lowest BCUT2D eigenvalue weighted by atomic mass is 10.2. The van der Waals surface area contributed by atoms with E-state index in [1.54, 1.807) is 18.5 Å². The lowest BCUT2D eigenvalue weighted by molar-refractivity contribution is -0.386. The highest BCUT2D eigenvalue weighted by Gasteiger charge is 2.24. The summed E-state index contributed by atoms with van der Waals surface area (Å²) in [5, 5.41) is 15.0. The van der Waals surface area contributed by atoms with Gasteiger partial charge in [-0.2, -0.15) is 5.10 Å². The summed E-state index contributed by atoms with van der Waals surface area (Å²) >= 11 is 0. The second-order valence-corrected chi connectivity index (χ2v) is 4.06. The molecule has 0 aromatic carbocycles. The van der Waals surface area contributed by atoms with Crippen LogP contribution in [0.1, 0.15) is 17.8 Å². The second kappa shape index (κ2) is 4.80. The van der Waals surface area contributed by atoms with Crippen molar-refractivity contribution in [2.24, 2.45) is 0 Å². The maximum absolute atomic E-state index is 10.8. The van der Waals surface area contributed by atoms with Gasteiger partial charge in [0.25, 0.3) is 0 Å². The van der Waals surface area contributed by atoms with E-state index in [0.29, 0.717) is 24.5 Å². The molecule has 2 heterocycles. The lowest BCUT2D eigenvalue weighted by Crippen LogP contribution is -2.28. The van der Waals surface area contributed by atoms with Gasteiger partial charge in [0.1, 0.15) is 18.2 Å². The lowest BCUT2D eigenvalue weighted by Gasteiger charge is -2.22. The van der Waals surface area contributed by atoms with E-state index >= 15 is 0 Å². The molecule has 7 nitrogen and oxygen atoms in total. The average molecular weight is 241 g/mol. The first-order valence-electron chi connectivity index (χ1n) is 5.47. The highest BCUT2D eigenvalue weighted by molar-refractivity contribution is 5.39. The Balaban J connectivity index is 2.15. The summed E-state index contributed by atoms with van der Waals surface area (Å²) < 4.78 is 12.1. The Kier molecular flexibility index (Phi) is 3.39. The van der Waals surface area contributed by atoms with Gasteiger partial charge in [-0.15, -0.1) is 0 Å². The number of ether oxygens (including phenoxy) is 2. The molecule has 1 aromatic rings. The van der Waals surface area contributed by atoms with Crippen LogP contribution in [0, 0.1) is 24.0 Å². The Labute approximate surface area is 98.5 Å². The molecule has 1 saturated heterocycles. The maximum atomic E-state index is 10.8. The molecule has 1 aliphatic rings. The molecular formula is C10H15N3O4. The minimum Gasteiger partial charge on any atom is -0.355 e. The number of hydrogen-bond donors (Lipinski definition) is 0. The molecule has 17 heavy (non-hydrogen) atoms. The Morgan fingerprint density at radius 2 is 2.35 bits per heavy atom. The second-order valence-electron chi connectivity index (χ2n) is 4.06. The van der Waals surface area contributed by atoms with Crippen LogP contribution in [-0.2, 0) is 16.0 Å². The van der Waals surface area contributed by atoms with Crippen molar-refractivity contribution in [3.8, 4) is 0 Å². The van der Waals surface area contributed by atoms with E-state index < -0.39 is 0 Å². The molecule has 0 radical (unpaired) electrons. The zero-order valence-electron chi connectivity index (χ0n) is 9.88. The molecule has 94 valence electrons. The third-order valence-electron chi connectivity index (χ3n) is 2.87. The Bertz CT molecular complexity index is 423. The van der Waals surface area contributed by atoms with Gasteiger partial charge in [0.2, 0.25) is 0 Å². The molecular weight excluding hydrogens is 226 g/mol. The van der Waals surface area contributed by atoms with Gasteiger partial charge < -0.3 is 9.47 Å².